The van der Waals surface area contributed by atoms with Crippen LogP contribution in [0.3, 0.4) is 0 Å². The summed E-state index contributed by atoms with van der Waals surface area (Å²) < 4.78 is 22.7. The van der Waals surface area contributed by atoms with Crippen LogP contribution in [0.15, 0.2) is 0 Å². The molecule has 0 aromatic carbocycles. The van der Waals surface area contributed by atoms with Crippen LogP contribution in [0.1, 0.15) is 19.8 Å². The Bertz CT molecular complexity index is 277. The third-order valence-corrected chi connectivity index (χ3v) is 4.75. The first-order valence-corrected chi connectivity index (χ1v) is 7.48. The smallest absolute Gasteiger partial charge is 0.151 e. The Labute approximate surface area is 93.0 Å². The van der Waals surface area contributed by atoms with Gasteiger partial charge in [-0.25, -0.2) is 8.42 Å². The summed E-state index contributed by atoms with van der Waals surface area (Å²) in [5, 5.41) is 3.32. The largest absolute Gasteiger partial charge is 0.312 e. The van der Waals surface area contributed by atoms with Crippen LogP contribution < -0.4 is 5.32 Å². The molecule has 1 saturated heterocycles. The molecule has 1 N–H and O–H groups in total. The van der Waals surface area contributed by atoms with Crippen LogP contribution in [0.5, 0.6) is 0 Å². The minimum Gasteiger partial charge on any atom is -0.312 e. The summed E-state index contributed by atoms with van der Waals surface area (Å²) in [6.45, 7) is 5.01. The van der Waals surface area contributed by atoms with Crippen LogP contribution in [0.4, 0.5) is 0 Å². The molecule has 0 spiro atoms. The van der Waals surface area contributed by atoms with E-state index in [1.54, 1.807) is 0 Å². The lowest BCUT2D eigenvalue weighted by Crippen LogP contribution is -2.42. The number of nitrogens with zero attached hydrogens (tertiary/aromatic N) is 1. The fourth-order valence-electron chi connectivity index (χ4n) is 1.80. The molecule has 1 aliphatic heterocycles. The Morgan fingerprint density at radius 2 is 2.20 bits per heavy atom. The van der Waals surface area contributed by atoms with Crippen LogP contribution in [0, 0.1) is 0 Å². The zero-order chi connectivity index (χ0) is 11.3. The molecule has 0 bridgehead atoms. The molecule has 0 aromatic rings. The summed E-state index contributed by atoms with van der Waals surface area (Å²) in [4.78, 5) is 2.21. The van der Waals surface area contributed by atoms with E-state index in [-0.39, 0.29) is 6.04 Å². The van der Waals surface area contributed by atoms with E-state index in [1.165, 1.54) is 0 Å². The number of hydrogen-bond donors (Lipinski definition) is 1. The summed E-state index contributed by atoms with van der Waals surface area (Å²) in [5.41, 5.74) is 0. The molecule has 1 atom stereocenters. The summed E-state index contributed by atoms with van der Waals surface area (Å²) in [6, 6.07) is 0.175. The Morgan fingerprint density at radius 3 is 2.80 bits per heavy atom. The van der Waals surface area contributed by atoms with E-state index >= 15 is 0 Å². The zero-order valence-corrected chi connectivity index (χ0v) is 10.5. The van der Waals surface area contributed by atoms with Crippen LogP contribution in [0.25, 0.3) is 0 Å². The van der Waals surface area contributed by atoms with Gasteiger partial charge in [0, 0.05) is 19.1 Å². The van der Waals surface area contributed by atoms with Gasteiger partial charge in [0.2, 0.25) is 0 Å². The first-order valence-electron chi connectivity index (χ1n) is 5.66. The van der Waals surface area contributed by atoms with Crippen molar-refractivity contribution in [3.05, 3.63) is 0 Å². The third kappa shape index (κ3) is 4.95. The van der Waals surface area contributed by atoms with Crippen molar-refractivity contribution in [1.29, 1.82) is 0 Å². The molecule has 1 unspecified atom stereocenters. The molecular weight excluding hydrogens is 212 g/mol. The van der Waals surface area contributed by atoms with Crippen LogP contribution in [-0.4, -0.2) is 57.5 Å². The van der Waals surface area contributed by atoms with E-state index in [0.29, 0.717) is 11.5 Å². The highest BCUT2D eigenvalue weighted by molar-refractivity contribution is 7.91. The maximum absolute atomic E-state index is 11.4. The predicted octanol–water partition coefficient (Wildman–Crippen LogP) is 0.105. The van der Waals surface area contributed by atoms with Crippen molar-refractivity contribution in [3.63, 3.8) is 0 Å². The van der Waals surface area contributed by atoms with Crippen molar-refractivity contribution >= 4 is 9.84 Å². The number of sulfone groups is 1. The first kappa shape index (κ1) is 12.9. The molecule has 0 saturated carbocycles. The maximum Gasteiger partial charge on any atom is 0.151 e. The highest BCUT2D eigenvalue weighted by atomic mass is 32.2. The number of rotatable bonds is 5. The molecule has 1 rings (SSSR count). The van der Waals surface area contributed by atoms with E-state index in [4.69, 9.17) is 0 Å². The first-order chi connectivity index (χ1) is 7.03. The van der Waals surface area contributed by atoms with Crippen molar-refractivity contribution < 1.29 is 8.42 Å². The highest BCUT2D eigenvalue weighted by Gasteiger charge is 2.23. The number of hydrogen-bond acceptors (Lipinski definition) is 4. The monoisotopic (exact) mass is 234 g/mol. The minimum absolute atomic E-state index is 0.175. The molecule has 4 nitrogen and oxygen atoms in total. The van der Waals surface area contributed by atoms with Gasteiger partial charge in [-0.15, -0.1) is 0 Å². The van der Waals surface area contributed by atoms with Gasteiger partial charge in [-0.3, -0.25) is 0 Å². The van der Waals surface area contributed by atoms with E-state index in [2.05, 4.69) is 24.2 Å². The quantitative estimate of drug-likeness (QED) is 0.733. The molecule has 5 heteroatoms. The van der Waals surface area contributed by atoms with E-state index in [9.17, 15) is 8.42 Å². The van der Waals surface area contributed by atoms with Crippen molar-refractivity contribution in [1.82, 2.24) is 10.2 Å². The average molecular weight is 234 g/mol. The molecule has 0 aromatic heterocycles. The van der Waals surface area contributed by atoms with Crippen molar-refractivity contribution in [2.24, 2.45) is 0 Å². The standard InChI is InChI=1S/C10H22N2O2S/c1-3-12(2)7-6-11-10-5-4-8-15(13,14)9-10/h10-11H,3-9H2,1-2H3. The summed E-state index contributed by atoms with van der Waals surface area (Å²) in [7, 11) is -0.696. The highest BCUT2D eigenvalue weighted by Crippen LogP contribution is 2.11. The van der Waals surface area contributed by atoms with Gasteiger partial charge in [0.05, 0.1) is 11.5 Å². The van der Waals surface area contributed by atoms with Gasteiger partial charge < -0.3 is 10.2 Å². The molecule has 90 valence electrons. The fourth-order valence-corrected chi connectivity index (χ4v) is 3.47. The maximum atomic E-state index is 11.4. The van der Waals surface area contributed by atoms with Gasteiger partial charge in [0.15, 0.2) is 9.84 Å². The average Bonchev–Trinajstić information content (AvgIpc) is 2.16. The Hall–Kier alpha value is -0.130. The van der Waals surface area contributed by atoms with Crippen LogP contribution >= 0.6 is 0 Å². The lowest BCUT2D eigenvalue weighted by molar-refractivity contribution is 0.338. The minimum atomic E-state index is -2.76. The van der Waals surface area contributed by atoms with Gasteiger partial charge >= 0.3 is 0 Å². The van der Waals surface area contributed by atoms with Crippen molar-refractivity contribution in [2.45, 2.75) is 25.8 Å². The lowest BCUT2D eigenvalue weighted by Gasteiger charge is -2.24. The molecule has 1 aliphatic rings. The fraction of sp³-hybridized carbons (Fsp3) is 1.00. The van der Waals surface area contributed by atoms with Gasteiger partial charge in [-0.2, -0.15) is 0 Å². The molecule has 15 heavy (non-hydrogen) atoms. The summed E-state index contributed by atoms with van der Waals surface area (Å²) in [5.74, 6) is 0.697. The van der Waals surface area contributed by atoms with Crippen molar-refractivity contribution in [3.8, 4) is 0 Å². The molecular formula is C10H22N2O2S. The topological polar surface area (TPSA) is 49.4 Å². The molecule has 0 radical (unpaired) electrons. The van der Waals surface area contributed by atoms with Gasteiger partial charge in [-0.1, -0.05) is 6.92 Å². The second kappa shape index (κ2) is 5.82. The Balaban J connectivity index is 2.22. The van der Waals surface area contributed by atoms with E-state index < -0.39 is 9.84 Å². The lowest BCUT2D eigenvalue weighted by atomic mass is 10.2. The van der Waals surface area contributed by atoms with Crippen LogP contribution in [-0.2, 0) is 9.84 Å². The predicted molar refractivity (Wildman–Crippen MR) is 62.8 cm³/mol. The van der Waals surface area contributed by atoms with Crippen molar-refractivity contribution in [2.75, 3.05) is 38.2 Å². The van der Waals surface area contributed by atoms with Gasteiger partial charge in [0.25, 0.3) is 0 Å². The van der Waals surface area contributed by atoms with E-state index in [0.717, 1.165) is 32.5 Å². The van der Waals surface area contributed by atoms with Gasteiger partial charge in [0.1, 0.15) is 0 Å². The zero-order valence-electron chi connectivity index (χ0n) is 9.70. The molecule has 0 aliphatic carbocycles. The summed E-state index contributed by atoms with van der Waals surface area (Å²) in [6.07, 6.45) is 1.80. The third-order valence-electron chi connectivity index (χ3n) is 2.93. The molecule has 1 heterocycles. The SMILES string of the molecule is CCN(C)CCNC1CCCS(=O)(=O)C1. The van der Waals surface area contributed by atoms with Crippen LogP contribution in [0.2, 0.25) is 0 Å². The summed E-state index contributed by atoms with van der Waals surface area (Å²) >= 11 is 0. The number of likely N-dealkylation sites (N-methyl/N-ethyl adjacent to an activating group) is 1. The normalized spacial score (nSPS) is 25.7. The second-order valence-electron chi connectivity index (χ2n) is 4.30. The van der Waals surface area contributed by atoms with Gasteiger partial charge in [-0.05, 0) is 26.4 Å². The van der Waals surface area contributed by atoms with E-state index in [1.807, 2.05) is 0 Å². The number of nitrogens with one attached hydrogen (secondary N) is 1. The Kier molecular flexibility index (Phi) is 5.02. The molecule has 0 amide bonds. The molecule has 1 fully saturated rings. The Morgan fingerprint density at radius 1 is 1.47 bits per heavy atom. The second-order valence-corrected chi connectivity index (χ2v) is 6.53.